The average Bonchev–Trinajstić information content (AvgIpc) is 3.04. The van der Waals surface area contributed by atoms with Crippen LogP contribution >= 0.6 is 0 Å². The van der Waals surface area contributed by atoms with E-state index in [1.807, 2.05) is 0 Å². The minimum atomic E-state index is -0.774. The molecule has 0 fully saturated rings. The highest BCUT2D eigenvalue weighted by Gasteiger charge is 2.16. The van der Waals surface area contributed by atoms with E-state index < -0.39 is 6.10 Å². The Morgan fingerprint density at radius 1 is 0.511 bits per heavy atom. The van der Waals surface area contributed by atoms with Crippen molar-refractivity contribution in [2.75, 3.05) is 13.2 Å². The van der Waals surface area contributed by atoms with Crippen molar-refractivity contribution in [1.82, 2.24) is 0 Å². The van der Waals surface area contributed by atoms with Crippen molar-refractivity contribution in [3.63, 3.8) is 0 Å². The standard InChI is InChI=1S/C40H72O5/c1-3-5-7-9-11-13-15-17-18-19-20-21-22-23-25-27-29-31-33-35-40(43)45-38(36-41)37-44-39(42)34-32-30-28-26-24-16-14-12-10-8-6-4-2/h11,13,17-18,20-21,38,41H,3-10,12,14-16,19,22-37H2,1-2H3/b13-11-,18-17-,21-20-/t38-/m0/s1. The van der Waals surface area contributed by atoms with Crippen molar-refractivity contribution < 1.29 is 24.2 Å². The van der Waals surface area contributed by atoms with E-state index in [1.165, 1.54) is 103 Å². The zero-order valence-corrected chi connectivity index (χ0v) is 29.6. The Balaban J connectivity index is 3.59. The van der Waals surface area contributed by atoms with Gasteiger partial charge >= 0.3 is 11.9 Å². The number of esters is 2. The molecule has 0 rings (SSSR count). The Labute approximate surface area is 278 Å². The minimum absolute atomic E-state index is 0.0688. The van der Waals surface area contributed by atoms with Crippen molar-refractivity contribution in [3.8, 4) is 0 Å². The van der Waals surface area contributed by atoms with Gasteiger partial charge in [-0.05, 0) is 51.4 Å². The fourth-order valence-corrected chi connectivity index (χ4v) is 5.27. The second kappa shape index (κ2) is 36.6. The van der Waals surface area contributed by atoms with Crippen LogP contribution in [0.25, 0.3) is 0 Å². The molecule has 0 aliphatic carbocycles. The molecule has 0 amide bonds. The zero-order chi connectivity index (χ0) is 32.9. The summed E-state index contributed by atoms with van der Waals surface area (Å²) in [6.07, 6.45) is 43.4. The fourth-order valence-electron chi connectivity index (χ4n) is 5.27. The first-order chi connectivity index (χ1) is 22.1. The summed E-state index contributed by atoms with van der Waals surface area (Å²) in [5, 5.41) is 9.53. The van der Waals surface area contributed by atoms with E-state index in [2.05, 4.69) is 50.3 Å². The summed E-state index contributed by atoms with van der Waals surface area (Å²) in [6, 6.07) is 0. The van der Waals surface area contributed by atoms with E-state index in [0.29, 0.717) is 12.8 Å². The van der Waals surface area contributed by atoms with Gasteiger partial charge in [0.15, 0.2) is 6.10 Å². The molecule has 1 atom stereocenters. The number of carbonyl (C=O) groups is 2. The zero-order valence-electron chi connectivity index (χ0n) is 29.6. The van der Waals surface area contributed by atoms with Crippen LogP contribution < -0.4 is 0 Å². The maximum atomic E-state index is 12.1. The summed E-state index contributed by atoms with van der Waals surface area (Å²) in [5.74, 6) is -0.603. The van der Waals surface area contributed by atoms with Gasteiger partial charge in [0.25, 0.3) is 0 Å². The number of rotatable bonds is 34. The highest BCUT2D eigenvalue weighted by atomic mass is 16.6. The third kappa shape index (κ3) is 34.8. The molecule has 1 N–H and O–H groups in total. The number of carbonyl (C=O) groups excluding carboxylic acids is 2. The van der Waals surface area contributed by atoms with Gasteiger partial charge in [-0.2, -0.15) is 0 Å². The quantitative estimate of drug-likeness (QED) is 0.0434. The summed E-state index contributed by atoms with van der Waals surface area (Å²) >= 11 is 0. The molecular weight excluding hydrogens is 560 g/mol. The Morgan fingerprint density at radius 2 is 0.889 bits per heavy atom. The lowest BCUT2D eigenvalue weighted by Crippen LogP contribution is -2.28. The van der Waals surface area contributed by atoms with Gasteiger partial charge in [0, 0.05) is 12.8 Å². The molecule has 0 aliphatic heterocycles. The van der Waals surface area contributed by atoms with E-state index in [4.69, 9.17) is 9.47 Å². The van der Waals surface area contributed by atoms with E-state index in [1.54, 1.807) is 0 Å². The maximum absolute atomic E-state index is 12.1. The first-order valence-electron chi connectivity index (χ1n) is 19.0. The number of aliphatic hydroxyl groups is 1. The molecule has 0 aromatic rings. The lowest BCUT2D eigenvalue weighted by Gasteiger charge is -2.15. The summed E-state index contributed by atoms with van der Waals surface area (Å²) in [6.45, 7) is 4.09. The van der Waals surface area contributed by atoms with Gasteiger partial charge < -0.3 is 14.6 Å². The van der Waals surface area contributed by atoms with Crippen LogP contribution in [-0.2, 0) is 19.1 Å². The number of hydrogen-bond acceptors (Lipinski definition) is 5. The van der Waals surface area contributed by atoms with Crippen molar-refractivity contribution in [1.29, 1.82) is 0 Å². The molecule has 0 aromatic heterocycles. The normalized spacial score (nSPS) is 12.5. The molecule has 0 aromatic carbocycles. The molecule has 0 spiro atoms. The Morgan fingerprint density at radius 3 is 1.38 bits per heavy atom. The van der Waals surface area contributed by atoms with Crippen LogP contribution in [0.3, 0.4) is 0 Å². The summed E-state index contributed by atoms with van der Waals surface area (Å²) in [5.41, 5.74) is 0. The molecule has 0 unspecified atom stereocenters. The van der Waals surface area contributed by atoms with Crippen LogP contribution in [0.15, 0.2) is 36.5 Å². The van der Waals surface area contributed by atoms with Crippen molar-refractivity contribution in [2.45, 2.75) is 193 Å². The number of ether oxygens (including phenoxy) is 2. The van der Waals surface area contributed by atoms with Crippen LogP contribution in [0.4, 0.5) is 0 Å². The molecule has 0 saturated carbocycles. The van der Waals surface area contributed by atoms with E-state index in [0.717, 1.165) is 57.8 Å². The van der Waals surface area contributed by atoms with E-state index in [-0.39, 0.29) is 25.2 Å². The number of unbranched alkanes of at least 4 members (excludes halogenated alkanes) is 20. The predicted octanol–water partition coefficient (Wildman–Crippen LogP) is 11.7. The molecular formula is C40H72O5. The molecule has 45 heavy (non-hydrogen) atoms. The van der Waals surface area contributed by atoms with E-state index >= 15 is 0 Å². The summed E-state index contributed by atoms with van der Waals surface area (Å²) in [7, 11) is 0. The van der Waals surface area contributed by atoms with Crippen LogP contribution in [0.1, 0.15) is 187 Å². The first-order valence-corrected chi connectivity index (χ1v) is 19.0. The molecule has 0 aliphatic rings. The van der Waals surface area contributed by atoms with Crippen LogP contribution in [0, 0.1) is 0 Å². The van der Waals surface area contributed by atoms with E-state index in [9.17, 15) is 14.7 Å². The monoisotopic (exact) mass is 633 g/mol. The Hall–Kier alpha value is -1.88. The van der Waals surface area contributed by atoms with Crippen molar-refractivity contribution in [2.24, 2.45) is 0 Å². The average molecular weight is 633 g/mol. The summed E-state index contributed by atoms with van der Waals surface area (Å²) in [4.78, 5) is 24.2. The molecule has 262 valence electrons. The first kappa shape index (κ1) is 43.1. The lowest BCUT2D eigenvalue weighted by atomic mass is 10.0. The second-order valence-electron chi connectivity index (χ2n) is 12.7. The molecule has 5 nitrogen and oxygen atoms in total. The third-order valence-corrected chi connectivity index (χ3v) is 8.19. The van der Waals surface area contributed by atoms with Gasteiger partial charge in [-0.15, -0.1) is 0 Å². The van der Waals surface area contributed by atoms with Crippen LogP contribution in [0.2, 0.25) is 0 Å². The molecule has 0 bridgehead atoms. The molecule has 0 heterocycles. The van der Waals surface area contributed by atoms with Gasteiger partial charge in [0.1, 0.15) is 6.61 Å². The fraction of sp³-hybridized carbons (Fsp3) is 0.800. The highest BCUT2D eigenvalue weighted by molar-refractivity contribution is 5.70. The largest absolute Gasteiger partial charge is 0.462 e. The Kier molecular flexibility index (Phi) is 35.1. The number of hydrogen-bond donors (Lipinski definition) is 1. The molecule has 5 heteroatoms. The van der Waals surface area contributed by atoms with Crippen LogP contribution in [-0.4, -0.2) is 36.4 Å². The van der Waals surface area contributed by atoms with Crippen molar-refractivity contribution >= 4 is 11.9 Å². The number of allylic oxidation sites excluding steroid dienone is 6. The maximum Gasteiger partial charge on any atom is 0.306 e. The summed E-state index contributed by atoms with van der Waals surface area (Å²) < 4.78 is 10.6. The van der Waals surface area contributed by atoms with Gasteiger partial charge in [-0.3, -0.25) is 9.59 Å². The minimum Gasteiger partial charge on any atom is -0.462 e. The van der Waals surface area contributed by atoms with Gasteiger partial charge in [0.05, 0.1) is 6.61 Å². The van der Waals surface area contributed by atoms with Gasteiger partial charge in [0.2, 0.25) is 0 Å². The second-order valence-corrected chi connectivity index (χ2v) is 12.7. The topological polar surface area (TPSA) is 72.8 Å². The van der Waals surface area contributed by atoms with Crippen molar-refractivity contribution in [3.05, 3.63) is 36.5 Å². The SMILES string of the molecule is CCCCC/C=C\C/C=C\C/C=C\CCCCCCCCC(=O)O[C@@H](CO)COC(=O)CCCCCCCCCCCCCC. The smallest absolute Gasteiger partial charge is 0.306 e. The molecule has 0 radical (unpaired) electrons. The third-order valence-electron chi connectivity index (χ3n) is 8.19. The lowest BCUT2D eigenvalue weighted by molar-refractivity contribution is -0.161. The predicted molar refractivity (Wildman–Crippen MR) is 191 cm³/mol. The van der Waals surface area contributed by atoms with Gasteiger partial charge in [-0.25, -0.2) is 0 Å². The molecule has 0 saturated heterocycles. The Bertz CT molecular complexity index is 726. The van der Waals surface area contributed by atoms with Gasteiger partial charge in [-0.1, -0.05) is 159 Å². The highest BCUT2D eigenvalue weighted by Crippen LogP contribution is 2.13. The number of aliphatic hydroxyl groups excluding tert-OH is 1. The van der Waals surface area contributed by atoms with Crippen LogP contribution in [0.5, 0.6) is 0 Å².